The monoisotopic (exact) mass is 234 g/mol. The zero-order chi connectivity index (χ0) is 12.7. The van der Waals surface area contributed by atoms with E-state index in [1.165, 1.54) is 12.2 Å². The van der Waals surface area contributed by atoms with Gasteiger partial charge in [0.25, 0.3) is 0 Å². The van der Waals surface area contributed by atoms with Crippen LogP contribution in [0.4, 0.5) is 0 Å². The Balaban J connectivity index is 2.60. The summed E-state index contributed by atoms with van der Waals surface area (Å²) in [7, 11) is 0. The van der Waals surface area contributed by atoms with E-state index < -0.39 is 11.6 Å². The Kier molecular flexibility index (Phi) is 4.91. The van der Waals surface area contributed by atoms with Crippen molar-refractivity contribution < 1.29 is 14.6 Å². The number of benzene rings is 1. The van der Waals surface area contributed by atoms with Gasteiger partial charge in [0.15, 0.2) is 0 Å². The normalized spacial score (nSPS) is 14.5. The Morgan fingerprint density at radius 2 is 2.06 bits per heavy atom. The van der Waals surface area contributed by atoms with Gasteiger partial charge in [0.1, 0.15) is 0 Å². The van der Waals surface area contributed by atoms with Gasteiger partial charge >= 0.3 is 5.97 Å². The summed E-state index contributed by atoms with van der Waals surface area (Å²) in [5, 5.41) is 10.1. The average Bonchev–Trinajstić information content (AvgIpc) is 2.28. The van der Waals surface area contributed by atoms with Crippen LogP contribution >= 0.6 is 0 Å². The second-order valence-electron chi connectivity index (χ2n) is 4.10. The average molecular weight is 234 g/mol. The number of esters is 1. The molecule has 3 heteroatoms. The number of hydrogen-bond donors (Lipinski definition) is 1. The third-order valence-electron chi connectivity index (χ3n) is 2.27. The van der Waals surface area contributed by atoms with Crippen LogP contribution in [0.3, 0.4) is 0 Å². The highest BCUT2D eigenvalue weighted by atomic mass is 16.5. The Bertz CT molecular complexity index is 380. The molecule has 1 aromatic rings. The number of ether oxygens (including phenoxy) is 1. The molecule has 0 saturated carbocycles. The molecule has 0 aliphatic rings. The molecule has 1 atom stereocenters. The summed E-state index contributed by atoms with van der Waals surface area (Å²) in [6.45, 7) is 3.74. The van der Waals surface area contributed by atoms with E-state index in [4.69, 9.17) is 4.74 Å². The van der Waals surface area contributed by atoms with Crippen LogP contribution in [0.1, 0.15) is 19.4 Å². The maximum absolute atomic E-state index is 11.1. The second kappa shape index (κ2) is 6.21. The highest BCUT2D eigenvalue weighted by Gasteiger charge is 2.17. The number of carbonyl (C=O) groups is 1. The molecule has 0 amide bonds. The molecule has 0 heterocycles. The van der Waals surface area contributed by atoms with Crippen molar-refractivity contribution in [3.05, 3.63) is 48.0 Å². The summed E-state index contributed by atoms with van der Waals surface area (Å²) >= 11 is 0. The highest BCUT2D eigenvalue weighted by Crippen LogP contribution is 2.14. The summed E-state index contributed by atoms with van der Waals surface area (Å²) in [5.74, 6) is -0.430. The third kappa shape index (κ3) is 5.31. The summed E-state index contributed by atoms with van der Waals surface area (Å²) < 4.78 is 4.75. The Morgan fingerprint density at radius 1 is 1.41 bits per heavy atom. The number of carbonyl (C=O) groups excluding carboxylic acids is 1. The molecule has 0 saturated heterocycles. The molecule has 3 nitrogen and oxygen atoms in total. The largest absolute Gasteiger partial charge is 0.463 e. The van der Waals surface area contributed by atoms with Crippen molar-refractivity contribution in [1.82, 2.24) is 0 Å². The maximum Gasteiger partial charge on any atom is 0.330 e. The lowest BCUT2D eigenvalue weighted by Gasteiger charge is -2.18. The van der Waals surface area contributed by atoms with Crippen molar-refractivity contribution in [2.75, 3.05) is 6.61 Å². The fourth-order valence-corrected chi connectivity index (χ4v) is 1.51. The maximum atomic E-state index is 11.1. The zero-order valence-electron chi connectivity index (χ0n) is 10.2. The van der Waals surface area contributed by atoms with E-state index in [9.17, 15) is 9.90 Å². The van der Waals surface area contributed by atoms with E-state index in [0.717, 1.165) is 5.56 Å². The van der Waals surface area contributed by atoms with Crippen LogP contribution < -0.4 is 0 Å². The van der Waals surface area contributed by atoms with Gasteiger partial charge in [-0.1, -0.05) is 30.3 Å². The lowest BCUT2D eigenvalue weighted by molar-refractivity contribution is -0.137. The quantitative estimate of drug-likeness (QED) is 0.627. The van der Waals surface area contributed by atoms with Crippen molar-refractivity contribution in [2.24, 2.45) is 0 Å². The summed E-state index contributed by atoms with van der Waals surface area (Å²) in [6, 6.07) is 9.63. The SMILES string of the molecule is CCOC(=O)/C=C/[C@](C)(O)Cc1ccccc1. The molecule has 0 spiro atoms. The van der Waals surface area contributed by atoms with Gasteiger partial charge in [-0.25, -0.2) is 4.79 Å². The molecular formula is C14H18O3. The lowest BCUT2D eigenvalue weighted by atomic mass is 9.96. The van der Waals surface area contributed by atoms with Gasteiger partial charge in [-0.2, -0.15) is 0 Å². The second-order valence-corrected chi connectivity index (χ2v) is 4.10. The van der Waals surface area contributed by atoms with Gasteiger partial charge in [-0.15, -0.1) is 0 Å². The Morgan fingerprint density at radius 3 is 2.65 bits per heavy atom. The molecule has 0 bridgehead atoms. The van der Waals surface area contributed by atoms with Crippen molar-refractivity contribution in [2.45, 2.75) is 25.9 Å². The first kappa shape index (κ1) is 13.5. The van der Waals surface area contributed by atoms with Crippen LogP contribution in [0.2, 0.25) is 0 Å². The van der Waals surface area contributed by atoms with E-state index in [-0.39, 0.29) is 0 Å². The number of aliphatic hydroxyl groups is 1. The highest BCUT2D eigenvalue weighted by molar-refractivity contribution is 5.82. The molecule has 1 N–H and O–H groups in total. The van der Waals surface area contributed by atoms with E-state index in [2.05, 4.69) is 0 Å². The molecular weight excluding hydrogens is 216 g/mol. The van der Waals surface area contributed by atoms with Gasteiger partial charge in [-0.3, -0.25) is 0 Å². The number of hydrogen-bond acceptors (Lipinski definition) is 3. The first-order valence-corrected chi connectivity index (χ1v) is 5.66. The molecule has 92 valence electrons. The predicted octanol–water partition coefficient (Wildman–Crippen LogP) is 2.10. The van der Waals surface area contributed by atoms with Crippen LogP contribution in [0.5, 0.6) is 0 Å². The molecule has 1 aromatic carbocycles. The van der Waals surface area contributed by atoms with Gasteiger partial charge in [0, 0.05) is 12.5 Å². The first-order valence-electron chi connectivity index (χ1n) is 5.66. The molecule has 17 heavy (non-hydrogen) atoms. The third-order valence-corrected chi connectivity index (χ3v) is 2.27. The predicted molar refractivity (Wildman–Crippen MR) is 66.5 cm³/mol. The van der Waals surface area contributed by atoms with Crippen LogP contribution in [0.25, 0.3) is 0 Å². The van der Waals surface area contributed by atoms with Crippen LogP contribution in [-0.4, -0.2) is 23.3 Å². The van der Waals surface area contributed by atoms with E-state index in [0.29, 0.717) is 13.0 Å². The molecule has 1 rings (SSSR count). The van der Waals surface area contributed by atoms with Gasteiger partial charge in [0.05, 0.1) is 12.2 Å². The molecule has 0 aliphatic heterocycles. The molecule has 0 aliphatic carbocycles. The molecule has 0 radical (unpaired) electrons. The minimum Gasteiger partial charge on any atom is -0.463 e. The van der Waals surface area contributed by atoms with Crippen LogP contribution in [-0.2, 0) is 16.0 Å². The Labute approximate surface area is 102 Å². The first-order chi connectivity index (χ1) is 8.03. The van der Waals surface area contributed by atoms with Gasteiger partial charge in [0.2, 0.25) is 0 Å². The van der Waals surface area contributed by atoms with Crippen molar-refractivity contribution in [1.29, 1.82) is 0 Å². The topological polar surface area (TPSA) is 46.5 Å². The lowest BCUT2D eigenvalue weighted by Crippen LogP contribution is -2.24. The molecule has 0 unspecified atom stereocenters. The van der Waals surface area contributed by atoms with Crippen LogP contribution in [0, 0.1) is 0 Å². The minimum atomic E-state index is -1.05. The zero-order valence-corrected chi connectivity index (χ0v) is 10.2. The summed E-state index contributed by atoms with van der Waals surface area (Å²) in [5.41, 5.74) is -0.0281. The fourth-order valence-electron chi connectivity index (χ4n) is 1.51. The fraction of sp³-hybridized carbons (Fsp3) is 0.357. The van der Waals surface area contributed by atoms with E-state index in [1.54, 1.807) is 13.8 Å². The summed E-state index contributed by atoms with van der Waals surface area (Å²) in [4.78, 5) is 11.1. The van der Waals surface area contributed by atoms with Crippen molar-refractivity contribution in [3.8, 4) is 0 Å². The minimum absolute atomic E-state index is 0.337. The van der Waals surface area contributed by atoms with E-state index in [1.807, 2.05) is 30.3 Å². The number of rotatable bonds is 5. The van der Waals surface area contributed by atoms with E-state index >= 15 is 0 Å². The molecule has 0 fully saturated rings. The van der Waals surface area contributed by atoms with Gasteiger partial charge < -0.3 is 9.84 Å². The van der Waals surface area contributed by atoms with Crippen molar-refractivity contribution in [3.63, 3.8) is 0 Å². The summed E-state index contributed by atoms with van der Waals surface area (Å²) in [6.07, 6.45) is 3.20. The smallest absolute Gasteiger partial charge is 0.330 e. The van der Waals surface area contributed by atoms with Crippen molar-refractivity contribution >= 4 is 5.97 Å². The van der Waals surface area contributed by atoms with Gasteiger partial charge in [-0.05, 0) is 25.5 Å². The Hall–Kier alpha value is -1.61. The molecule has 0 aromatic heterocycles. The standard InChI is InChI=1S/C14H18O3/c1-3-17-13(15)9-10-14(2,16)11-12-7-5-4-6-8-12/h4-10,16H,3,11H2,1-2H3/b10-9+/t14-/m0/s1. The van der Waals surface area contributed by atoms with Crippen LogP contribution in [0.15, 0.2) is 42.5 Å².